The van der Waals surface area contributed by atoms with Gasteiger partial charge in [-0.2, -0.15) is 0 Å². The fourth-order valence-electron chi connectivity index (χ4n) is 0.850. The fraction of sp³-hybridized carbons (Fsp3) is 0.875. The smallest absolute Gasteiger partial charge is 0.337 e. The third kappa shape index (κ3) is 3.30. The molecule has 0 aliphatic carbocycles. The lowest BCUT2D eigenvalue weighted by Gasteiger charge is -2.26. The number of hydrogen-bond acceptors (Lipinski definition) is 5. The molecule has 1 N–H and O–H groups in total. The Bertz CT molecular complexity index is 166. The molecule has 1 saturated heterocycles. The Morgan fingerprint density at radius 1 is 1.77 bits per heavy atom. The molecule has 1 aliphatic rings. The molecule has 1 fully saturated rings. The second-order valence-electron chi connectivity index (χ2n) is 2.69. The molecule has 0 aromatic rings. The van der Waals surface area contributed by atoms with Crippen molar-refractivity contribution in [3.63, 3.8) is 0 Å². The largest absolute Gasteiger partial charge is 0.464 e. The quantitative estimate of drug-likeness (QED) is 0.601. The summed E-state index contributed by atoms with van der Waals surface area (Å²) >= 11 is 0. The first kappa shape index (κ1) is 10.4. The van der Waals surface area contributed by atoms with Gasteiger partial charge in [0.2, 0.25) is 0 Å². The Morgan fingerprint density at radius 2 is 2.46 bits per heavy atom. The Morgan fingerprint density at radius 3 is 2.92 bits per heavy atom. The molecule has 5 nitrogen and oxygen atoms in total. The first-order valence-electron chi connectivity index (χ1n) is 4.32. The maximum absolute atomic E-state index is 10.9. The zero-order valence-electron chi connectivity index (χ0n) is 7.56. The normalized spacial score (nSPS) is 23.4. The molecule has 0 saturated carbocycles. The first-order chi connectivity index (χ1) is 6.24. The summed E-state index contributed by atoms with van der Waals surface area (Å²) < 4.78 is 14.5. The van der Waals surface area contributed by atoms with E-state index in [9.17, 15) is 4.79 Å². The van der Waals surface area contributed by atoms with Gasteiger partial charge in [-0.1, -0.05) is 0 Å². The molecule has 0 aromatic carbocycles. The van der Waals surface area contributed by atoms with Crippen LogP contribution in [0.3, 0.4) is 0 Å². The van der Waals surface area contributed by atoms with Crippen molar-refractivity contribution in [2.24, 2.45) is 0 Å². The van der Waals surface area contributed by atoms with Gasteiger partial charge in [0.15, 0.2) is 12.4 Å². The average molecular weight is 190 g/mol. The average Bonchev–Trinajstić information content (AvgIpc) is 2.01. The molecule has 1 heterocycles. The lowest BCUT2D eigenvalue weighted by molar-refractivity contribution is -0.225. The number of hydrogen-bond donors (Lipinski definition) is 1. The van der Waals surface area contributed by atoms with Crippen LogP contribution < -0.4 is 0 Å². The number of esters is 1. The molecule has 2 atom stereocenters. The van der Waals surface area contributed by atoms with E-state index < -0.39 is 12.1 Å². The molecule has 0 bridgehead atoms. The first-order valence-corrected chi connectivity index (χ1v) is 4.32. The summed E-state index contributed by atoms with van der Waals surface area (Å²) in [5.41, 5.74) is 0. The van der Waals surface area contributed by atoms with Crippen molar-refractivity contribution in [1.29, 1.82) is 0 Å². The van der Waals surface area contributed by atoms with Crippen LogP contribution in [0.4, 0.5) is 0 Å². The van der Waals surface area contributed by atoms with Crippen molar-refractivity contribution >= 4 is 5.97 Å². The number of aliphatic hydroxyl groups is 1. The van der Waals surface area contributed by atoms with E-state index in [0.717, 1.165) is 6.42 Å². The molecule has 0 spiro atoms. The summed E-state index contributed by atoms with van der Waals surface area (Å²) in [5.74, 6) is -0.651. The summed E-state index contributed by atoms with van der Waals surface area (Å²) in [5, 5.41) is 9.16. The molecular weight excluding hydrogens is 176 g/mol. The molecule has 5 heteroatoms. The Labute approximate surface area is 76.6 Å². The molecule has 13 heavy (non-hydrogen) atoms. The van der Waals surface area contributed by atoms with E-state index >= 15 is 0 Å². The van der Waals surface area contributed by atoms with E-state index in [4.69, 9.17) is 14.6 Å². The van der Waals surface area contributed by atoms with Gasteiger partial charge in [-0.3, -0.25) is 0 Å². The lowest BCUT2D eigenvalue weighted by Crippen LogP contribution is -2.35. The van der Waals surface area contributed by atoms with Gasteiger partial charge in [-0.05, 0) is 6.92 Å². The van der Waals surface area contributed by atoms with E-state index in [-0.39, 0.29) is 19.5 Å². The highest BCUT2D eigenvalue weighted by Crippen LogP contribution is 2.12. The maximum Gasteiger partial charge on any atom is 0.337 e. The molecule has 1 aliphatic heterocycles. The van der Waals surface area contributed by atoms with Crippen molar-refractivity contribution in [2.75, 3.05) is 19.8 Å². The predicted octanol–water partition coefficient (Wildman–Crippen LogP) is -0.327. The zero-order chi connectivity index (χ0) is 9.68. The van der Waals surface area contributed by atoms with Crippen molar-refractivity contribution in [3.05, 3.63) is 0 Å². The van der Waals surface area contributed by atoms with Gasteiger partial charge in [0.05, 0.1) is 19.8 Å². The van der Waals surface area contributed by atoms with Crippen molar-refractivity contribution in [3.8, 4) is 0 Å². The number of carbonyl (C=O) groups excluding carboxylic acids is 1. The van der Waals surface area contributed by atoms with Crippen LogP contribution in [0, 0.1) is 0 Å². The molecule has 0 amide bonds. The number of aliphatic hydroxyl groups excluding tert-OH is 1. The van der Waals surface area contributed by atoms with Gasteiger partial charge in [-0.25, -0.2) is 4.79 Å². The van der Waals surface area contributed by atoms with Crippen molar-refractivity contribution < 1.29 is 24.1 Å². The summed E-state index contributed by atoms with van der Waals surface area (Å²) in [6.07, 6.45) is -0.650. The van der Waals surface area contributed by atoms with Crippen LogP contribution >= 0.6 is 0 Å². The molecule has 0 aromatic heterocycles. The Balaban J connectivity index is 2.08. The van der Waals surface area contributed by atoms with Gasteiger partial charge >= 0.3 is 5.97 Å². The van der Waals surface area contributed by atoms with E-state index in [1.54, 1.807) is 6.92 Å². The van der Waals surface area contributed by atoms with Crippen LogP contribution in [0.25, 0.3) is 0 Å². The molecule has 1 rings (SSSR count). The van der Waals surface area contributed by atoms with Crippen LogP contribution in [-0.2, 0) is 19.0 Å². The van der Waals surface area contributed by atoms with Crippen LogP contribution in [0.1, 0.15) is 13.3 Å². The minimum atomic E-state index is -1.20. The number of ether oxygens (including phenoxy) is 3. The Hall–Kier alpha value is -0.650. The summed E-state index contributed by atoms with van der Waals surface area (Å²) in [7, 11) is 0. The van der Waals surface area contributed by atoms with E-state index in [1.807, 2.05) is 0 Å². The molecule has 0 radical (unpaired) electrons. The van der Waals surface area contributed by atoms with Crippen molar-refractivity contribution in [1.82, 2.24) is 0 Å². The van der Waals surface area contributed by atoms with Gasteiger partial charge in [0.1, 0.15) is 0 Å². The third-order valence-electron chi connectivity index (χ3n) is 1.66. The maximum atomic E-state index is 10.9. The number of rotatable bonds is 5. The summed E-state index contributed by atoms with van der Waals surface area (Å²) in [4.78, 5) is 10.9. The second kappa shape index (κ2) is 5.16. The minimum absolute atomic E-state index is 0.0660. The highest BCUT2D eigenvalue weighted by atomic mass is 16.7. The van der Waals surface area contributed by atoms with Crippen LogP contribution in [0.2, 0.25) is 0 Å². The lowest BCUT2D eigenvalue weighted by atomic mass is 10.3. The van der Waals surface area contributed by atoms with Crippen LogP contribution in [0.5, 0.6) is 0 Å². The van der Waals surface area contributed by atoms with E-state index in [2.05, 4.69) is 4.74 Å². The highest BCUT2D eigenvalue weighted by Gasteiger charge is 2.23. The van der Waals surface area contributed by atoms with E-state index in [1.165, 1.54) is 0 Å². The van der Waals surface area contributed by atoms with Gasteiger partial charge in [0, 0.05) is 6.42 Å². The number of carbonyl (C=O) groups is 1. The monoisotopic (exact) mass is 190 g/mol. The van der Waals surface area contributed by atoms with Crippen LogP contribution in [0.15, 0.2) is 0 Å². The third-order valence-corrected chi connectivity index (χ3v) is 1.66. The zero-order valence-corrected chi connectivity index (χ0v) is 7.56. The minimum Gasteiger partial charge on any atom is -0.464 e. The van der Waals surface area contributed by atoms with Gasteiger partial charge in [0.25, 0.3) is 0 Å². The topological polar surface area (TPSA) is 65.0 Å². The summed E-state index contributed by atoms with van der Waals surface area (Å²) in [6.45, 7) is 2.56. The predicted molar refractivity (Wildman–Crippen MR) is 42.9 cm³/mol. The standard InChI is InChI=1S/C8H14O5/c1-2-11-8(10)6(9)5-13-7-3-4-12-7/h6-7,9H,2-5H2,1H3. The van der Waals surface area contributed by atoms with E-state index in [0.29, 0.717) is 6.61 Å². The molecular formula is C8H14O5. The molecule has 2 unspecified atom stereocenters. The van der Waals surface area contributed by atoms with Gasteiger partial charge < -0.3 is 19.3 Å². The van der Waals surface area contributed by atoms with Gasteiger partial charge in [-0.15, -0.1) is 0 Å². The van der Waals surface area contributed by atoms with Crippen molar-refractivity contribution in [2.45, 2.75) is 25.7 Å². The Kier molecular flexibility index (Phi) is 4.14. The fourth-order valence-corrected chi connectivity index (χ4v) is 0.850. The highest BCUT2D eigenvalue weighted by molar-refractivity contribution is 5.74. The second-order valence-corrected chi connectivity index (χ2v) is 2.69. The SMILES string of the molecule is CCOC(=O)C(O)COC1CCO1. The molecule has 76 valence electrons. The van der Waals surface area contributed by atoms with Crippen LogP contribution in [-0.4, -0.2) is 43.3 Å². The summed E-state index contributed by atoms with van der Waals surface area (Å²) in [6, 6.07) is 0.